The number of rotatable bonds is 5. The zero-order chi connectivity index (χ0) is 13.8. The summed E-state index contributed by atoms with van der Waals surface area (Å²) in [5, 5.41) is 3.30. The first kappa shape index (κ1) is 15.1. The Morgan fingerprint density at radius 1 is 1.22 bits per heavy atom. The molecule has 0 amide bonds. The predicted molar refractivity (Wildman–Crippen MR) is 71.5 cm³/mol. The molecule has 0 aliphatic carbocycles. The van der Waals surface area contributed by atoms with Crippen LogP contribution in [0.25, 0.3) is 0 Å². The fourth-order valence-electron chi connectivity index (χ4n) is 2.01. The molecular weight excluding hydrogens is 232 g/mol. The molecule has 0 radical (unpaired) electrons. The summed E-state index contributed by atoms with van der Waals surface area (Å²) < 4.78 is 27.1. The molecule has 1 aromatic carbocycles. The first-order valence-electron chi connectivity index (χ1n) is 6.52. The molecule has 0 aliphatic heterocycles. The summed E-state index contributed by atoms with van der Waals surface area (Å²) in [6.45, 7) is 9.17. The third-order valence-corrected chi connectivity index (χ3v) is 2.81. The second-order valence-electron chi connectivity index (χ2n) is 5.91. The van der Waals surface area contributed by atoms with E-state index in [-0.39, 0.29) is 11.5 Å². The largest absolute Gasteiger partial charge is 0.310 e. The van der Waals surface area contributed by atoms with Crippen LogP contribution in [0.1, 0.15) is 52.1 Å². The summed E-state index contributed by atoms with van der Waals surface area (Å²) in [5.41, 5.74) is 0.489. The first-order chi connectivity index (χ1) is 8.35. The second-order valence-corrected chi connectivity index (χ2v) is 5.91. The molecule has 0 spiro atoms. The van der Waals surface area contributed by atoms with Crippen molar-refractivity contribution in [3.05, 3.63) is 35.4 Å². The maximum absolute atomic E-state index is 13.8. The standard InChI is InChI=1S/C15H23F2N/c1-5-9-18-13(10-15(2,3)4)11-7-6-8-12(16)14(11)17/h6-8,13,18H,5,9-10H2,1-4H3. The summed E-state index contributed by atoms with van der Waals surface area (Å²) in [7, 11) is 0. The average molecular weight is 255 g/mol. The normalized spacial score (nSPS) is 13.7. The molecule has 1 nitrogen and oxygen atoms in total. The molecule has 0 saturated carbocycles. The second kappa shape index (κ2) is 6.28. The number of hydrogen-bond donors (Lipinski definition) is 1. The van der Waals surface area contributed by atoms with E-state index in [1.54, 1.807) is 12.1 Å². The Hall–Kier alpha value is -0.960. The quantitative estimate of drug-likeness (QED) is 0.820. The molecule has 0 aromatic heterocycles. The minimum atomic E-state index is -0.773. The Labute approximate surface area is 109 Å². The molecule has 0 bridgehead atoms. The van der Waals surface area contributed by atoms with Gasteiger partial charge in [-0.2, -0.15) is 0 Å². The van der Waals surface area contributed by atoms with Crippen molar-refractivity contribution in [3.63, 3.8) is 0 Å². The Morgan fingerprint density at radius 2 is 1.89 bits per heavy atom. The average Bonchev–Trinajstić information content (AvgIpc) is 2.27. The van der Waals surface area contributed by atoms with Crippen LogP contribution < -0.4 is 5.32 Å². The monoisotopic (exact) mass is 255 g/mol. The van der Waals surface area contributed by atoms with Crippen molar-refractivity contribution in [1.29, 1.82) is 0 Å². The van der Waals surface area contributed by atoms with E-state index in [1.165, 1.54) is 0 Å². The first-order valence-corrected chi connectivity index (χ1v) is 6.52. The molecule has 0 saturated heterocycles. The summed E-state index contributed by atoms with van der Waals surface area (Å²) in [6, 6.07) is 4.25. The molecule has 0 fully saturated rings. The van der Waals surface area contributed by atoms with Crippen molar-refractivity contribution in [1.82, 2.24) is 5.32 Å². The SMILES string of the molecule is CCCNC(CC(C)(C)C)c1cccc(F)c1F. The molecule has 1 unspecified atom stereocenters. The molecule has 0 aliphatic rings. The molecule has 3 heteroatoms. The molecule has 18 heavy (non-hydrogen) atoms. The Kier molecular flexibility index (Phi) is 5.27. The number of nitrogens with one attached hydrogen (secondary N) is 1. The number of halogens is 2. The van der Waals surface area contributed by atoms with Gasteiger partial charge >= 0.3 is 0 Å². The summed E-state index contributed by atoms with van der Waals surface area (Å²) in [4.78, 5) is 0. The van der Waals surface area contributed by atoms with E-state index in [0.29, 0.717) is 5.56 Å². The third-order valence-electron chi connectivity index (χ3n) is 2.81. The van der Waals surface area contributed by atoms with Crippen LogP contribution in [-0.2, 0) is 0 Å². The van der Waals surface area contributed by atoms with Gasteiger partial charge in [-0.1, -0.05) is 39.8 Å². The maximum atomic E-state index is 13.8. The van der Waals surface area contributed by atoms with Gasteiger partial charge in [-0.05, 0) is 30.9 Å². The highest BCUT2D eigenvalue weighted by Gasteiger charge is 2.23. The molecule has 0 heterocycles. The van der Waals surface area contributed by atoms with Crippen LogP contribution in [0.5, 0.6) is 0 Å². The van der Waals surface area contributed by atoms with Gasteiger partial charge in [-0.3, -0.25) is 0 Å². The van der Waals surface area contributed by atoms with Crippen LogP contribution in [0.2, 0.25) is 0 Å². The van der Waals surface area contributed by atoms with Gasteiger partial charge in [-0.15, -0.1) is 0 Å². The van der Waals surface area contributed by atoms with Crippen molar-refractivity contribution < 1.29 is 8.78 Å². The number of benzene rings is 1. The molecule has 1 rings (SSSR count). The van der Waals surface area contributed by atoms with Crippen LogP contribution in [0, 0.1) is 17.0 Å². The fourth-order valence-corrected chi connectivity index (χ4v) is 2.01. The van der Waals surface area contributed by atoms with Gasteiger partial charge in [-0.25, -0.2) is 8.78 Å². The molecule has 102 valence electrons. The van der Waals surface area contributed by atoms with Crippen molar-refractivity contribution in [2.75, 3.05) is 6.54 Å². The third kappa shape index (κ3) is 4.37. The maximum Gasteiger partial charge on any atom is 0.163 e. The van der Waals surface area contributed by atoms with E-state index >= 15 is 0 Å². The topological polar surface area (TPSA) is 12.0 Å². The van der Waals surface area contributed by atoms with Gasteiger partial charge in [0.1, 0.15) is 0 Å². The van der Waals surface area contributed by atoms with Gasteiger partial charge in [0, 0.05) is 11.6 Å². The highest BCUT2D eigenvalue weighted by molar-refractivity contribution is 5.22. The van der Waals surface area contributed by atoms with Crippen LogP contribution in [-0.4, -0.2) is 6.54 Å². The van der Waals surface area contributed by atoms with Crippen LogP contribution >= 0.6 is 0 Å². The minimum Gasteiger partial charge on any atom is -0.310 e. The summed E-state index contributed by atoms with van der Waals surface area (Å²) >= 11 is 0. The van der Waals surface area contributed by atoms with E-state index in [1.807, 2.05) is 0 Å². The lowest BCUT2D eigenvalue weighted by atomic mass is 9.85. The highest BCUT2D eigenvalue weighted by Crippen LogP contribution is 2.31. The van der Waals surface area contributed by atoms with Crippen molar-refractivity contribution >= 4 is 0 Å². The summed E-state index contributed by atoms with van der Waals surface area (Å²) in [5.74, 6) is -1.50. The summed E-state index contributed by atoms with van der Waals surface area (Å²) in [6.07, 6.45) is 1.74. The smallest absolute Gasteiger partial charge is 0.163 e. The predicted octanol–water partition coefficient (Wildman–Crippen LogP) is 4.44. The van der Waals surface area contributed by atoms with Gasteiger partial charge in [0.2, 0.25) is 0 Å². The van der Waals surface area contributed by atoms with E-state index in [4.69, 9.17) is 0 Å². The van der Waals surface area contributed by atoms with E-state index < -0.39 is 11.6 Å². The lowest BCUT2D eigenvalue weighted by Gasteiger charge is -2.27. The van der Waals surface area contributed by atoms with Crippen LogP contribution in [0.4, 0.5) is 8.78 Å². The van der Waals surface area contributed by atoms with Crippen molar-refractivity contribution in [2.45, 2.75) is 46.6 Å². The zero-order valence-electron chi connectivity index (χ0n) is 11.7. The van der Waals surface area contributed by atoms with E-state index in [0.717, 1.165) is 25.5 Å². The Bertz CT molecular complexity index is 383. The Balaban J connectivity index is 2.97. The van der Waals surface area contributed by atoms with E-state index in [2.05, 4.69) is 33.0 Å². The van der Waals surface area contributed by atoms with E-state index in [9.17, 15) is 8.78 Å². The van der Waals surface area contributed by atoms with Gasteiger partial charge in [0.05, 0.1) is 0 Å². The lowest BCUT2D eigenvalue weighted by Crippen LogP contribution is -2.27. The molecule has 1 atom stereocenters. The van der Waals surface area contributed by atoms with Gasteiger partial charge in [0.25, 0.3) is 0 Å². The highest BCUT2D eigenvalue weighted by atomic mass is 19.2. The molecule has 1 aromatic rings. The lowest BCUT2D eigenvalue weighted by molar-refractivity contribution is 0.305. The van der Waals surface area contributed by atoms with Crippen LogP contribution in [0.3, 0.4) is 0 Å². The Morgan fingerprint density at radius 3 is 2.44 bits per heavy atom. The molecule has 1 N–H and O–H groups in total. The van der Waals surface area contributed by atoms with Crippen LogP contribution in [0.15, 0.2) is 18.2 Å². The van der Waals surface area contributed by atoms with Crippen molar-refractivity contribution in [2.24, 2.45) is 5.41 Å². The molecular formula is C15H23F2N. The van der Waals surface area contributed by atoms with Gasteiger partial charge in [0.15, 0.2) is 11.6 Å². The minimum absolute atomic E-state index is 0.0597. The number of hydrogen-bond acceptors (Lipinski definition) is 1. The van der Waals surface area contributed by atoms with Gasteiger partial charge < -0.3 is 5.32 Å². The van der Waals surface area contributed by atoms with Crippen molar-refractivity contribution in [3.8, 4) is 0 Å². The fraction of sp³-hybridized carbons (Fsp3) is 0.600. The zero-order valence-corrected chi connectivity index (χ0v) is 11.7.